The largest absolute Gasteiger partial charge is 0.492 e. The number of aromatic nitrogens is 4. The highest BCUT2D eigenvalue weighted by Crippen LogP contribution is 2.54. The maximum atomic E-state index is 7.59. The van der Waals surface area contributed by atoms with Crippen LogP contribution in [-0.2, 0) is 0 Å². The van der Waals surface area contributed by atoms with Gasteiger partial charge in [-0.25, -0.2) is 27.7 Å². The molecule has 2 aliphatic heterocycles. The summed E-state index contributed by atoms with van der Waals surface area (Å²) in [5.74, 6) is 2.81. The van der Waals surface area contributed by atoms with Crippen molar-refractivity contribution < 1.29 is 36.7 Å². The van der Waals surface area contributed by atoms with E-state index in [2.05, 4.69) is 558 Å². The third-order valence-electron chi connectivity index (χ3n) is 27.6. The number of fused-ring (bicyclic) bond motifs is 8. The Morgan fingerprint density at radius 1 is 0.217 bits per heavy atom. The lowest BCUT2D eigenvalue weighted by atomic mass is 10.0. The minimum atomic E-state index is -2.49. The van der Waals surface area contributed by atoms with E-state index in [1.807, 2.05) is 0 Å². The van der Waals surface area contributed by atoms with Gasteiger partial charge in [0.1, 0.15) is 44.1 Å². The van der Waals surface area contributed by atoms with E-state index >= 15 is 0 Å². The number of hydrogen-bond acceptors (Lipinski definition) is 6. The molecular weight excluding hydrogens is 1830 g/mol. The van der Waals surface area contributed by atoms with Crippen molar-refractivity contribution >= 4 is 140 Å². The van der Waals surface area contributed by atoms with Crippen LogP contribution in [0.15, 0.2) is 485 Å². The first-order chi connectivity index (χ1) is 70.6. The predicted molar refractivity (Wildman–Crippen MR) is 602 cm³/mol. The fourth-order valence-corrected chi connectivity index (χ4v) is 36.2. The van der Waals surface area contributed by atoms with Crippen LogP contribution in [0.25, 0.3) is 90.9 Å². The number of nitrogens with zero attached hydrogens (tertiary/aromatic N) is 5. The number of ether oxygens (including phenoxy) is 4. The summed E-state index contributed by atoms with van der Waals surface area (Å²) in [6.07, 6.45) is 11.4. The number of para-hydroxylation sites is 8. The molecule has 12 nitrogen and oxygen atoms in total. The molecule has 21 rings (SSSR count). The van der Waals surface area contributed by atoms with E-state index in [4.69, 9.17) is 28.9 Å². The van der Waals surface area contributed by atoms with Gasteiger partial charge >= 0.3 is 0 Å². The van der Waals surface area contributed by atoms with Crippen LogP contribution in [0.4, 0.5) is 22.7 Å². The molecule has 3 aromatic heterocycles. The van der Waals surface area contributed by atoms with Gasteiger partial charge < -0.3 is 28.9 Å². The normalized spacial score (nSPS) is 11.9. The molecule has 143 heavy (non-hydrogen) atoms. The van der Waals surface area contributed by atoms with E-state index < -0.39 is 28.2 Å². The van der Waals surface area contributed by atoms with Gasteiger partial charge in [0.05, 0.1) is 73.9 Å². The highest BCUT2D eigenvalue weighted by atomic mass is 31.2. The first-order valence-electron chi connectivity index (χ1n) is 48.9. The van der Waals surface area contributed by atoms with Crippen molar-refractivity contribution in [2.75, 3.05) is 72.2 Å². The minimum absolute atomic E-state index is 0.359. The van der Waals surface area contributed by atoms with Gasteiger partial charge in [-0.1, -0.05) is 291 Å². The molecule has 0 radical (unpaired) electrons. The van der Waals surface area contributed by atoms with Gasteiger partial charge in [0.15, 0.2) is 33.9 Å². The summed E-state index contributed by atoms with van der Waals surface area (Å²) in [7, 11) is -3.17. The lowest BCUT2D eigenvalue weighted by molar-refractivity contribution is -0.382. The molecule has 700 valence electrons. The number of benzene rings is 16. The Morgan fingerprint density at radius 3 is 0.650 bits per heavy atom. The fourth-order valence-electron chi connectivity index (χ4n) is 20.7. The van der Waals surface area contributed by atoms with Crippen molar-refractivity contribution in [1.82, 2.24) is 19.9 Å². The molecule has 3 N–H and O–H groups in total. The van der Waals surface area contributed by atoms with Crippen molar-refractivity contribution in [3.63, 3.8) is 0 Å². The van der Waals surface area contributed by atoms with Gasteiger partial charge in [-0.3, -0.25) is 0 Å². The molecule has 19 aromatic rings. The van der Waals surface area contributed by atoms with Crippen LogP contribution in [0.3, 0.4) is 0 Å². The number of hydrogen-bond donors (Lipinski definition) is 3. The second-order valence-electron chi connectivity index (χ2n) is 35.6. The lowest BCUT2D eigenvalue weighted by Gasteiger charge is -2.25. The quantitative estimate of drug-likeness (QED) is 0.0362. The summed E-state index contributed by atoms with van der Waals surface area (Å²) in [6, 6.07) is 174. The molecule has 16 heteroatoms. The zero-order valence-corrected chi connectivity index (χ0v) is 83.9. The summed E-state index contributed by atoms with van der Waals surface area (Å²) >= 11 is 0. The third-order valence-corrected chi connectivity index (χ3v) is 44.6. The van der Waals surface area contributed by atoms with Gasteiger partial charge in [-0.2, -0.15) is 0 Å². The van der Waals surface area contributed by atoms with E-state index in [0.717, 1.165) is 89.3 Å². The standard InChI is InChI=1S/C127H111N8O4P4/c1-133(97-50-18-5-19-51-97)141(102-60-28-10-29-61-102,103-62-30-11-31-63-103)93-89-137-121-77-45-41-73-109(121)125-114-82-80-112(128-114)124(108-72-40-44-76-120(108)136-88-92-140(100-56-24-8-25-57-100,101-58-26-9-27-59-101)132-96-48-16-4-17-49-96)113-81-83-115(129-113)126(110-74-42-46-78-122(110)138-90-94-142(104-64-32-12-33-65-104,105-66-34-13-35-67-105)134(2)98-52-20-6-21-53-98)117-85-87-119(131-117)127(118-86-84-116(125)130-118)111-75-43-47-79-123(111)139-91-95-143(106-68-36-14-37-69-106,107-70-38-15-39-71-107)135(3)99-54-22-7-23-55-99/h4-87,128,131H,88-95H2,1-3H3/q+3/p+1. The maximum absolute atomic E-state index is 7.59. The van der Waals surface area contributed by atoms with Crippen LogP contribution < -0.4 is 66.1 Å². The molecule has 2 aliphatic rings. The Morgan fingerprint density at radius 2 is 0.413 bits per heavy atom. The molecule has 0 unspecified atom stereocenters. The molecule has 0 fully saturated rings. The van der Waals surface area contributed by atoms with Gasteiger partial charge in [-0.15, -0.1) is 0 Å². The van der Waals surface area contributed by atoms with Gasteiger partial charge in [0.25, 0.3) is 0 Å². The SMILES string of the molecule is C[N+](c1ccccc1)=P(CCOc1ccccc1-c1c2nc(c(-c3ccccc3OCCP(c3ccccc3)(c3ccccc3)=[N+](C)c3ccccc3)c3ccc([nH]3)c(-c3ccccc3OCCP(c3ccccc3)(c3ccccc3)=[N+](C)c3ccccc3)c3nc(c(-c4ccccc4OCCP(=[NH+]c4ccccc4)(c4ccccc4)c4ccccc4)c4ccc1[nH]4)C=C3)C=C2)(c1ccccc1)c1ccccc1. The average molecular weight is 1940 g/mol. The van der Waals surface area contributed by atoms with Gasteiger partial charge in [-0.05, 0) is 170 Å². The fraction of sp³-hybridized carbons (Fsp3) is 0.0866. The first kappa shape index (κ1) is 93.5. The van der Waals surface area contributed by atoms with Crippen LogP contribution in [0.1, 0.15) is 22.8 Å². The number of H-pyrrole nitrogens is 2. The number of nitrogens with one attached hydrogen (secondary N) is 3. The number of aromatic amines is 2. The van der Waals surface area contributed by atoms with Crippen molar-refractivity contribution in [2.24, 2.45) is 0 Å². The van der Waals surface area contributed by atoms with Gasteiger partial charge in [0, 0.05) is 158 Å². The lowest BCUT2D eigenvalue weighted by Crippen LogP contribution is -2.63. The average Bonchev–Trinajstić information content (AvgIpc) is 1.72. The van der Waals surface area contributed by atoms with Crippen molar-refractivity contribution in [3.05, 3.63) is 508 Å². The van der Waals surface area contributed by atoms with Crippen molar-refractivity contribution in [1.29, 1.82) is 0 Å². The Bertz CT molecular complexity index is 7860. The van der Waals surface area contributed by atoms with E-state index in [1.165, 1.54) is 42.4 Å². The van der Waals surface area contributed by atoms with Gasteiger partial charge in [0.2, 0.25) is 17.1 Å². The first-order valence-corrected chi connectivity index (χ1v) is 56.6. The molecule has 0 atom stereocenters. The van der Waals surface area contributed by atoms with Crippen molar-refractivity contribution in [2.45, 2.75) is 0 Å². The second kappa shape index (κ2) is 43.1. The van der Waals surface area contributed by atoms with Crippen LogP contribution in [0.5, 0.6) is 23.0 Å². The van der Waals surface area contributed by atoms with Crippen LogP contribution >= 0.6 is 28.2 Å². The zero-order valence-electron chi connectivity index (χ0n) is 80.3. The summed E-state index contributed by atoms with van der Waals surface area (Å²) in [5.41, 5.74) is 17.2. The highest BCUT2D eigenvalue weighted by Gasteiger charge is 2.40. The van der Waals surface area contributed by atoms with E-state index in [1.54, 1.807) is 0 Å². The minimum Gasteiger partial charge on any atom is -0.492 e. The Labute approximate surface area is 838 Å². The van der Waals surface area contributed by atoms with E-state index in [9.17, 15) is 0 Å². The molecule has 0 amide bonds. The molecule has 0 spiro atoms. The molecular formula is C127H112N8O4P4+4. The number of rotatable bonds is 32. The Hall–Kier alpha value is -15.8. The zero-order chi connectivity index (χ0) is 96.6. The molecule has 5 heterocycles. The Kier molecular flexibility index (Phi) is 28.2. The van der Waals surface area contributed by atoms with Crippen LogP contribution in [0.2, 0.25) is 0 Å². The topological polar surface area (TPSA) is 117 Å². The third kappa shape index (κ3) is 19.1. The monoisotopic (exact) mass is 1940 g/mol. The highest BCUT2D eigenvalue weighted by molar-refractivity contribution is 7.80. The van der Waals surface area contributed by atoms with Crippen LogP contribution in [0, 0.1) is 0 Å². The maximum Gasteiger partial charge on any atom is 0.200 e. The smallest absolute Gasteiger partial charge is 0.200 e. The molecule has 0 saturated heterocycles. The summed E-state index contributed by atoms with van der Waals surface area (Å²) < 4.78 is 42.1. The van der Waals surface area contributed by atoms with E-state index in [-0.39, 0.29) is 0 Å². The summed E-state index contributed by atoms with van der Waals surface area (Å²) in [5, 5.41) is 9.96. The molecule has 0 saturated carbocycles. The molecule has 8 bridgehead atoms. The molecule has 0 aliphatic carbocycles. The van der Waals surface area contributed by atoms with E-state index in [0.29, 0.717) is 96.8 Å². The summed E-state index contributed by atoms with van der Waals surface area (Å²) in [4.78, 5) is 20.5. The Balaban J connectivity index is 0.785. The molecule has 16 aromatic carbocycles. The van der Waals surface area contributed by atoms with Crippen molar-refractivity contribution in [3.8, 4) is 67.5 Å². The predicted octanol–water partition coefficient (Wildman–Crippen LogP) is 26.6. The summed E-state index contributed by atoms with van der Waals surface area (Å²) in [6.45, 7) is 1.47. The van der Waals surface area contributed by atoms with Crippen LogP contribution in [-0.4, -0.2) is 105 Å². The second-order valence-corrected chi connectivity index (χ2v) is 49.8.